The lowest BCUT2D eigenvalue weighted by Crippen LogP contribution is -2.01. The fourth-order valence-electron chi connectivity index (χ4n) is 3.18. The Kier molecular flexibility index (Phi) is 3.43. The van der Waals surface area contributed by atoms with E-state index in [-0.39, 0.29) is 0 Å². The van der Waals surface area contributed by atoms with E-state index in [1.807, 2.05) is 6.07 Å². The van der Waals surface area contributed by atoms with Crippen LogP contribution in [0.25, 0.3) is 11.3 Å². The van der Waals surface area contributed by atoms with Crippen molar-refractivity contribution in [3.8, 4) is 17.1 Å². The summed E-state index contributed by atoms with van der Waals surface area (Å²) in [5.74, 6) is 1.12. The highest BCUT2D eigenvalue weighted by molar-refractivity contribution is 5.68. The zero-order valence-corrected chi connectivity index (χ0v) is 12.3. The van der Waals surface area contributed by atoms with E-state index in [0.29, 0.717) is 11.8 Å². The molecule has 0 N–H and O–H groups in total. The van der Waals surface area contributed by atoms with Crippen LogP contribution in [0, 0.1) is 0 Å². The lowest BCUT2D eigenvalue weighted by molar-refractivity contribution is 0.397. The van der Waals surface area contributed by atoms with E-state index in [0.717, 1.165) is 5.69 Å². The molecule has 104 valence electrons. The van der Waals surface area contributed by atoms with Gasteiger partial charge >= 0.3 is 0 Å². The fourth-order valence-corrected chi connectivity index (χ4v) is 3.18. The van der Waals surface area contributed by atoms with Crippen molar-refractivity contribution >= 4 is 0 Å². The van der Waals surface area contributed by atoms with Crippen LogP contribution in [0.15, 0.2) is 24.5 Å². The molecular weight excluding hydrogens is 248 g/mol. The van der Waals surface area contributed by atoms with Gasteiger partial charge in [0.1, 0.15) is 6.33 Å². The van der Waals surface area contributed by atoms with Gasteiger partial charge in [0.15, 0.2) is 0 Å². The molecule has 1 aliphatic rings. The Morgan fingerprint density at radius 2 is 2.00 bits per heavy atom. The van der Waals surface area contributed by atoms with Crippen molar-refractivity contribution in [2.75, 3.05) is 7.11 Å². The summed E-state index contributed by atoms with van der Waals surface area (Å²) < 4.78 is 5.22. The van der Waals surface area contributed by atoms with Crippen LogP contribution in [-0.4, -0.2) is 17.1 Å². The first-order valence-corrected chi connectivity index (χ1v) is 7.21. The van der Waals surface area contributed by atoms with Gasteiger partial charge in [-0.25, -0.2) is 9.97 Å². The molecule has 0 atom stereocenters. The topological polar surface area (TPSA) is 35.0 Å². The van der Waals surface area contributed by atoms with Crippen molar-refractivity contribution in [3.05, 3.63) is 41.2 Å². The number of rotatable bonds is 3. The maximum Gasteiger partial charge on any atom is 0.216 e. The lowest BCUT2D eigenvalue weighted by Gasteiger charge is -2.17. The van der Waals surface area contributed by atoms with Crippen LogP contribution in [0.5, 0.6) is 5.88 Å². The quantitative estimate of drug-likeness (QED) is 0.850. The van der Waals surface area contributed by atoms with E-state index >= 15 is 0 Å². The number of aromatic nitrogens is 2. The molecule has 3 heteroatoms. The van der Waals surface area contributed by atoms with Crippen molar-refractivity contribution < 1.29 is 4.74 Å². The second-order valence-electron chi connectivity index (χ2n) is 5.62. The molecule has 1 aliphatic carbocycles. The molecule has 0 unspecified atom stereocenters. The largest absolute Gasteiger partial charge is 0.481 e. The first-order chi connectivity index (χ1) is 9.70. The maximum atomic E-state index is 5.22. The summed E-state index contributed by atoms with van der Waals surface area (Å²) >= 11 is 0. The molecule has 20 heavy (non-hydrogen) atoms. The number of ether oxygens (including phenoxy) is 1. The molecule has 0 fully saturated rings. The molecule has 1 aromatic heterocycles. The molecule has 0 radical (unpaired) electrons. The highest BCUT2D eigenvalue weighted by Crippen LogP contribution is 2.37. The van der Waals surface area contributed by atoms with Gasteiger partial charge in [-0.3, -0.25) is 0 Å². The number of hydrogen-bond acceptors (Lipinski definition) is 3. The van der Waals surface area contributed by atoms with Crippen molar-refractivity contribution in [2.24, 2.45) is 0 Å². The first-order valence-electron chi connectivity index (χ1n) is 7.21. The molecule has 1 heterocycles. The number of aryl methyl sites for hydroxylation is 1. The molecule has 3 nitrogen and oxygen atoms in total. The molecular formula is C17H20N2O. The molecule has 0 aliphatic heterocycles. The van der Waals surface area contributed by atoms with Gasteiger partial charge in [0.25, 0.3) is 0 Å². The number of hydrogen-bond donors (Lipinski definition) is 0. The van der Waals surface area contributed by atoms with Crippen LogP contribution in [-0.2, 0) is 12.8 Å². The van der Waals surface area contributed by atoms with Crippen LogP contribution in [0.4, 0.5) is 0 Å². The van der Waals surface area contributed by atoms with Gasteiger partial charge in [-0.05, 0) is 41.9 Å². The van der Waals surface area contributed by atoms with Gasteiger partial charge < -0.3 is 4.74 Å². The SMILES string of the molecule is COc1cc(-c2ccc3c(c2C(C)C)CCC3)ncn1. The minimum absolute atomic E-state index is 0.499. The Bertz CT molecular complexity index is 635. The van der Waals surface area contributed by atoms with E-state index in [1.165, 1.54) is 41.5 Å². The molecule has 0 saturated carbocycles. The second-order valence-corrected chi connectivity index (χ2v) is 5.62. The molecule has 3 rings (SSSR count). The van der Waals surface area contributed by atoms with E-state index in [4.69, 9.17) is 4.74 Å². The number of fused-ring (bicyclic) bond motifs is 1. The van der Waals surface area contributed by atoms with Gasteiger partial charge in [-0.2, -0.15) is 0 Å². The van der Waals surface area contributed by atoms with Gasteiger partial charge in [0.2, 0.25) is 5.88 Å². The summed E-state index contributed by atoms with van der Waals surface area (Å²) in [5.41, 5.74) is 6.67. The van der Waals surface area contributed by atoms with Crippen LogP contribution < -0.4 is 4.74 Å². The van der Waals surface area contributed by atoms with Gasteiger partial charge in [-0.1, -0.05) is 26.0 Å². The summed E-state index contributed by atoms with van der Waals surface area (Å²) in [7, 11) is 1.64. The Balaban J connectivity index is 2.18. The fraction of sp³-hybridized carbons (Fsp3) is 0.412. The van der Waals surface area contributed by atoms with Crippen LogP contribution in [0.3, 0.4) is 0 Å². The number of nitrogens with zero attached hydrogens (tertiary/aromatic N) is 2. The van der Waals surface area contributed by atoms with Crippen molar-refractivity contribution in [3.63, 3.8) is 0 Å². The predicted octanol–water partition coefficient (Wildman–Crippen LogP) is 3.76. The molecule has 0 bridgehead atoms. The molecule has 2 aromatic rings. The predicted molar refractivity (Wildman–Crippen MR) is 80.1 cm³/mol. The average Bonchev–Trinajstić information content (AvgIpc) is 2.94. The third-order valence-corrected chi connectivity index (χ3v) is 4.03. The molecule has 1 aromatic carbocycles. The summed E-state index contributed by atoms with van der Waals surface area (Å²) in [4.78, 5) is 8.53. The van der Waals surface area contributed by atoms with Crippen molar-refractivity contribution in [2.45, 2.75) is 39.0 Å². The smallest absolute Gasteiger partial charge is 0.216 e. The zero-order valence-electron chi connectivity index (χ0n) is 12.3. The van der Waals surface area contributed by atoms with Crippen LogP contribution >= 0.6 is 0 Å². The van der Waals surface area contributed by atoms with E-state index in [9.17, 15) is 0 Å². The summed E-state index contributed by atoms with van der Waals surface area (Å²) in [6.07, 6.45) is 5.25. The van der Waals surface area contributed by atoms with Crippen LogP contribution in [0.2, 0.25) is 0 Å². The van der Waals surface area contributed by atoms with Gasteiger partial charge in [0, 0.05) is 11.6 Å². The normalized spacial score (nSPS) is 13.6. The summed E-state index contributed by atoms with van der Waals surface area (Å²) in [6, 6.07) is 6.39. The molecule has 0 saturated heterocycles. The van der Waals surface area contributed by atoms with Gasteiger partial charge in [-0.15, -0.1) is 0 Å². The Hall–Kier alpha value is -1.90. The average molecular weight is 268 g/mol. The third-order valence-electron chi connectivity index (χ3n) is 4.03. The third kappa shape index (κ3) is 2.17. The zero-order chi connectivity index (χ0) is 14.1. The number of methoxy groups -OCH3 is 1. The summed E-state index contributed by atoms with van der Waals surface area (Å²) in [5, 5.41) is 0. The van der Waals surface area contributed by atoms with E-state index in [1.54, 1.807) is 13.4 Å². The van der Waals surface area contributed by atoms with Gasteiger partial charge in [0.05, 0.1) is 12.8 Å². The highest BCUT2D eigenvalue weighted by Gasteiger charge is 2.21. The standard InChI is InChI=1S/C17H20N2O/c1-11(2)17-13-6-4-5-12(13)7-8-14(17)15-9-16(20-3)19-10-18-15/h7-11H,4-6H2,1-3H3. The van der Waals surface area contributed by atoms with Crippen LogP contribution in [0.1, 0.15) is 42.9 Å². The Labute approximate surface area is 120 Å². The lowest BCUT2D eigenvalue weighted by atomic mass is 9.88. The number of benzene rings is 1. The Morgan fingerprint density at radius 1 is 1.15 bits per heavy atom. The van der Waals surface area contributed by atoms with E-state index < -0.39 is 0 Å². The monoisotopic (exact) mass is 268 g/mol. The minimum atomic E-state index is 0.499. The van der Waals surface area contributed by atoms with E-state index in [2.05, 4.69) is 35.9 Å². The summed E-state index contributed by atoms with van der Waals surface area (Å²) in [6.45, 7) is 4.52. The Morgan fingerprint density at radius 3 is 2.75 bits per heavy atom. The minimum Gasteiger partial charge on any atom is -0.481 e. The first kappa shape index (κ1) is 13.1. The molecule has 0 amide bonds. The second kappa shape index (κ2) is 5.23. The van der Waals surface area contributed by atoms with Crippen molar-refractivity contribution in [1.82, 2.24) is 9.97 Å². The highest BCUT2D eigenvalue weighted by atomic mass is 16.5. The molecule has 0 spiro atoms. The maximum absolute atomic E-state index is 5.22. The van der Waals surface area contributed by atoms with Crippen molar-refractivity contribution in [1.29, 1.82) is 0 Å².